The molecule has 0 aliphatic heterocycles. The zero-order valence-electron chi connectivity index (χ0n) is 10.2. The number of aliphatic carboxylic acids is 1. The van der Waals surface area contributed by atoms with Crippen LogP contribution >= 0.6 is 0 Å². The fourth-order valence-corrected chi connectivity index (χ4v) is 1.82. The number of hydrogen-bond donors (Lipinski definition) is 2. The third-order valence-electron chi connectivity index (χ3n) is 2.92. The van der Waals surface area contributed by atoms with Gasteiger partial charge in [0, 0.05) is 18.3 Å². The molecule has 0 aliphatic rings. The van der Waals surface area contributed by atoms with Gasteiger partial charge in [0.05, 0.1) is 12.1 Å². The van der Waals surface area contributed by atoms with E-state index in [0.29, 0.717) is 11.5 Å². The molecule has 5 nitrogen and oxygen atoms in total. The molecule has 2 N–H and O–H groups in total. The lowest BCUT2D eigenvalue weighted by molar-refractivity contribution is -0.136. The lowest BCUT2D eigenvalue weighted by atomic mass is 10.2. The van der Waals surface area contributed by atoms with Crippen LogP contribution in [0.4, 0.5) is 0 Å². The van der Waals surface area contributed by atoms with Crippen LogP contribution in [0, 0.1) is 6.92 Å². The normalized spacial score (nSPS) is 10.6. The molecule has 2 rings (SSSR count). The summed E-state index contributed by atoms with van der Waals surface area (Å²) in [4.78, 5) is 15.1. The second kappa shape index (κ2) is 4.52. The molecule has 0 amide bonds. The number of rotatable bonds is 3. The van der Waals surface area contributed by atoms with Crippen LogP contribution < -0.4 is 0 Å². The van der Waals surface area contributed by atoms with Gasteiger partial charge in [-0.2, -0.15) is 0 Å². The Morgan fingerprint density at radius 3 is 2.50 bits per heavy atom. The Hall–Kier alpha value is -2.30. The lowest BCUT2D eigenvalue weighted by Crippen LogP contribution is -2.02. The SMILES string of the molecule is Cc1c(CC(=O)O)nc(-c2ccc(O)cc2)n1C. The average Bonchev–Trinajstić information content (AvgIpc) is 2.58. The molecule has 1 heterocycles. The highest BCUT2D eigenvalue weighted by atomic mass is 16.4. The monoisotopic (exact) mass is 246 g/mol. The van der Waals surface area contributed by atoms with E-state index < -0.39 is 5.97 Å². The molecular formula is C13H14N2O3. The van der Waals surface area contributed by atoms with E-state index in [9.17, 15) is 9.90 Å². The lowest BCUT2D eigenvalue weighted by Gasteiger charge is -2.03. The van der Waals surface area contributed by atoms with Crippen LogP contribution in [-0.2, 0) is 18.3 Å². The number of phenols is 1. The van der Waals surface area contributed by atoms with Crippen molar-refractivity contribution in [1.82, 2.24) is 9.55 Å². The van der Waals surface area contributed by atoms with E-state index in [1.165, 1.54) is 0 Å². The molecule has 18 heavy (non-hydrogen) atoms. The Labute approximate surface area is 104 Å². The van der Waals surface area contributed by atoms with E-state index in [1.807, 2.05) is 18.5 Å². The summed E-state index contributed by atoms with van der Waals surface area (Å²) >= 11 is 0. The third-order valence-corrected chi connectivity index (χ3v) is 2.92. The van der Waals surface area contributed by atoms with Crippen LogP contribution in [-0.4, -0.2) is 25.7 Å². The van der Waals surface area contributed by atoms with Crippen molar-refractivity contribution in [1.29, 1.82) is 0 Å². The number of hydrogen-bond acceptors (Lipinski definition) is 3. The quantitative estimate of drug-likeness (QED) is 0.864. The molecule has 5 heteroatoms. The predicted octanol–water partition coefficient (Wildman–Crippen LogP) is 1.73. The highest BCUT2D eigenvalue weighted by molar-refractivity contribution is 5.70. The topological polar surface area (TPSA) is 75.3 Å². The van der Waals surface area contributed by atoms with Gasteiger partial charge in [0.25, 0.3) is 0 Å². The predicted molar refractivity (Wildman–Crippen MR) is 66.4 cm³/mol. The fourth-order valence-electron chi connectivity index (χ4n) is 1.82. The van der Waals surface area contributed by atoms with E-state index in [-0.39, 0.29) is 12.2 Å². The maximum atomic E-state index is 10.7. The van der Waals surface area contributed by atoms with Gasteiger partial charge in [-0.05, 0) is 31.2 Å². The molecule has 0 atom stereocenters. The molecule has 0 radical (unpaired) electrons. The van der Waals surface area contributed by atoms with E-state index >= 15 is 0 Å². The van der Waals surface area contributed by atoms with Gasteiger partial charge in [-0.3, -0.25) is 4.79 Å². The van der Waals surface area contributed by atoms with Crippen LogP contribution in [0.25, 0.3) is 11.4 Å². The number of aromatic nitrogens is 2. The van der Waals surface area contributed by atoms with Gasteiger partial charge >= 0.3 is 5.97 Å². The van der Waals surface area contributed by atoms with Gasteiger partial charge in [0.1, 0.15) is 11.6 Å². The number of benzene rings is 1. The second-order valence-electron chi connectivity index (χ2n) is 4.14. The van der Waals surface area contributed by atoms with Gasteiger partial charge in [0.2, 0.25) is 0 Å². The number of phenolic OH excluding ortho intramolecular Hbond substituents is 1. The van der Waals surface area contributed by atoms with Crippen molar-refractivity contribution in [2.75, 3.05) is 0 Å². The standard InChI is InChI=1S/C13H14N2O3/c1-8-11(7-12(17)18)14-13(15(8)2)9-3-5-10(16)6-4-9/h3-6,16H,7H2,1-2H3,(H,17,18). The zero-order chi connectivity index (χ0) is 13.3. The Morgan fingerprint density at radius 1 is 1.33 bits per heavy atom. The summed E-state index contributed by atoms with van der Waals surface area (Å²) in [6, 6.07) is 6.66. The molecule has 1 aromatic carbocycles. The van der Waals surface area contributed by atoms with Gasteiger partial charge in [-0.1, -0.05) is 0 Å². The van der Waals surface area contributed by atoms with E-state index in [1.54, 1.807) is 24.3 Å². The van der Waals surface area contributed by atoms with Crippen LogP contribution in [0.15, 0.2) is 24.3 Å². The van der Waals surface area contributed by atoms with Crippen molar-refractivity contribution < 1.29 is 15.0 Å². The first-order valence-electron chi connectivity index (χ1n) is 5.52. The van der Waals surface area contributed by atoms with Crippen LogP contribution in [0.5, 0.6) is 5.75 Å². The molecular weight excluding hydrogens is 232 g/mol. The number of nitrogens with zero attached hydrogens (tertiary/aromatic N) is 2. The summed E-state index contributed by atoms with van der Waals surface area (Å²) in [7, 11) is 1.84. The molecule has 0 fully saturated rings. The van der Waals surface area contributed by atoms with Crippen molar-refractivity contribution in [2.24, 2.45) is 7.05 Å². The van der Waals surface area contributed by atoms with Crippen LogP contribution in [0.1, 0.15) is 11.4 Å². The summed E-state index contributed by atoms with van der Waals surface area (Å²) < 4.78 is 1.85. The maximum absolute atomic E-state index is 10.7. The molecule has 0 saturated carbocycles. The van der Waals surface area contributed by atoms with Gasteiger partial charge in [-0.15, -0.1) is 0 Å². The molecule has 94 valence electrons. The Balaban J connectivity index is 2.45. The first-order chi connectivity index (χ1) is 8.49. The smallest absolute Gasteiger partial charge is 0.309 e. The van der Waals surface area contributed by atoms with Crippen LogP contribution in [0.2, 0.25) is 0 Å². The molecule has 0 spiro atoms. The van der Waals surface area contributed by atoms with Gasteiger partial charge in [-0.25, -0.2) is 4.98 Å². The minimum Gasteiger partial charge on any atom is -0.508 e. The fraction of sp³-hybridized carbons (Fsp3) is 0.231. The molecule has 0 saturated heterocycles. The highest BCUT2D eigenvalue weighted by Crippen LogP contribution is 2.23. The largest absolute Gasteiger partial charge is 0.508 e. The molecule has 0 bridgehead atoms. The number of carboxylic acids is 1. The van der Waals surface area contributed by atoms with Crippen LogP contribution in [0.3, 0.4) is 0 Å². The third kappa shape index (κ3) is 2.20. The minimum atomic E-state index is -0.895. The Kier molecular flexibility index (Phi) is 3.06. The van der Waals surface area contributed by atoms with E-state index in [2.05, 4.69) is 4.98 Å². The Morgan fingerprint density at radius 2 is 1.94 bits per heavy atom. The van der Waals surface area contributed by atoms with Crippen molar-refractivity contribution in [3.63, 3.8) is 0 Å². The van der Waals surface area contributed by atoms with Crippen molar-refractivity contribution in [3.05, 3.63) is 35.7 Å². The van der Waals surface area contributed by atoms with Crippen molar-refractivity contribution >= 4 is 5.97 Å². The maximum Gasteiger partial charge on any atom is 0.309 e. The summed E-state index contributed by atoms with van der Waals surface area (Å²) in [5.41, 5.74) is 2.24. The Bertz CT molecular complexity index is 585. The van der Waals surface area contributed by atoms with Crippen molar-refractivity contribution in [3.8, 4) is 17.1 Å². The first kappa shape index (κ1) is 12.2. The minimum absolute atomic E-state index is 0.0856. The average molecular weight is 246 g/mol. The molecule has 0 unspecified atom stereocenters. The summed E-state index contributed by atoms with van der Waals surface area (Å²) in [6.45, 7) is 1.84. The van der Waals surface area contributed by atoms with Gasteiger partial charge < -0.3 is 14.8 Å². The number of imidazole rings is 1. The van der Waals surface area contributed by atoms with E-state index in [0.717, 1.165) is 11.3 Å². The first-order valence-corrected chi connectivity index (χ1v) is 5.52. The summed E-state index contributed by atoms with van der Waals surface area (Å²) in [5.74, 6) is -0.00681. The number of carbonyl (C=O) groups is 1. The van der Waals surface area contributed by atoms with E-state index in [4.69, 9.17) is 5.11 Å². The zero-order valence-corrected chi connectivity index (χ0v) is 10.2. The summed E-state index contributed by atoms with van der Waals surface area (Å²) in [6.07, 6.45) is -0.0856. The summed E-state index contributed by atoms with van der Waals surface area (Å²) in [5, 5.41) is 18.1. The molecule has 0 aliphatic carbocycles. The van der Waals surface area contributed by atoms with Gasteiger partial charge in [0.15, 0.2) is 0 Å². The highest BCUT2D eigenvalue weighted by Gasteiger charge is 2.14. The molecule has 2 aromatic rings. The number of aromatic hydroxyl groups is 1. The van der Waals surface area contributed by atoms with Crippen molar-refractivity contribution in [2.45, 2.75) is 13.3 Å². The number of carboxylic acid groups (broad SMARTS) is 1. The molecule has 1 aromatic heterocycles. The second-order valence-corrected chi connectivity index (χ2v) is 4.14.